The Kier molecular flexibility index (Phi) is 10.7. The minimum absolute atomic E-state index is 0.185. The largest absolute Gasteiger partial charge is 0.462 e. The number of carbonyl (C=O) groups excluding carboxylic acids is 2. The summed E-state index contributed by atoms with van der Waals surface area (Å²) in [5.41, 5.74) is 0.552. The summed E-state index contributed by atoms with van der Waals surface area (Å²) in [5.74, 6) is -0.483. The zero-order valence-corrected chi connectivity index (χ0v) is 16.8. The van der Waals surface area contributed by atoms with Crippen LogP contribution >= 0.6 is 0 Å². The molecule has 26 heavy (non-hydrogen) atoms. The van der Waals surface area contributed by atoms with Crippen molar-refractivity contribution in [2.45, 2.75) is 78.7 Å². The van der Waals surface area contributed by atoms with Crippen molar-refractivity contribution in [1.29, 1.82) is 0 Å². The molecule has 0 aromatic heterocycles. The molecule has 1 aromatic rings. The predicted octanol–water partition coefficient (Wildman–Crippen LogP) is 5.80. The summed E-state index contributed by atoms with van der Waals surface area (Å²) in [4.78, 5) is 24.7. The Labute approximate surface area is 158 Å². The first-order chi connectivity index (χ1) is 12.5. The van der Waals surface area contributed by atoms with E-state index in [0.29, 0.717) is 12.5 Å². The van der Waals surface area contributed by atoms with Crippen molar-refractivity contribution in [3.8, 4) is 0 Å². The maximum Gasteiger partial charge on any atom is 0.339 e. The lowest BCUT2D eigenvalue weighted by molar-refractivity contribution is 0.0288. The third-order valence-corrected chi connectivity index (χ3v) is 4.21. The van der Waals surface area contributed by atoms with Crippen molar-refractivity contribution in [2.24, 2.45) is 5.92 Å². The molecule has 0 amide bonds. The van der Waals surface area contributed by atoms with Gasteiger partial charge in [0.1, 0.15) is 0 Å². The molecule has 4 nitrogen and oxygen atoms in total. The Bertz CT molecular complexity index is 551. The van der Waals surface area contributed by atoms with E-state index in [2.05, 4.69) is 20.8 Å². The van der Waals surface area contributed by atoms with Crippen LogP contribution in [-0.2, 0) is 9.47 Å². The van der Waals surface area contributed by atoms with Gasteiger partial charge >= 0.3 is 11.9 Å². The van der Waals surface area contributed by atoms with Crippen LogP contribution in [0.3, 0.4) is 0 Å². The van der Waals surface area contributed by atoms with Crippen LogP contribution in [0.2, 0.25) is 0 Å². The van der Waals surface area contributed by atoms with E-state index in [1.165, 1.54) is 25.7 Å². The molecule has 0 saturated carbocycles. The molecule has 0 fully saturated rings. The molecule has 0 aliphatic rings. The van der Waals surface area contributed by atoms with E-state index >= 15 is 0 Å². The van der Waals surface area contributed by atoms with Crippen molar-refractivity contribution in [2.75, 3.05) is 6.61 Å². The Morgan fingerprint density at radius 2 is 1.46 bits per heavy atom. The van der Waals surface area contributed by atoms with Crippen molar-refractivity contribution < 1.29 is 19.1 Å². The summed E-state index contributed by atoms with van der Waals surface area (Å²) in [5, 5.41) is 0. The van der Waals surface area contributed by atoms with Gasteiger partial charge in [-0.3, -0.25) is 0 Å². The molecule has 4 heteroatoms. The van der Waals surface area contributed by atoms with Crippen molar-refractivity contribution in [3.05, 3.63) is 35.4 Å². The SMILES string of the molecule is CCCCCCCCOC(=O)c1ccccc1C(=O)OC(C)CC(C)C. The molecule has 0 heterocycles. The monoisotopic (exact) mass is 362 g/mol. The first kappa shape index (κ1) is 22.2. The first-order valence-electron chi connectivity index (χ1n) is 9.92. The normalized spacial score (nSPS) is 12.0. The average molecular weight is 363 g/mol. The summed E-state index contributed by atoms with van der Waals surface area (Å²) in [6.45, 7) is 8.61. The highest BCUT2D eigenvalue weighted by Gasteiger charge is 2.20. The van der Waals surface area contributed by atoms with Gasteiger partial charge in [0.25, 0.3) is 0 Å². The molecule has 0 N–H and O–H groups in total. The van der Waals surface area contributed by atoms with Gasteiger partial charge in [-0.25, -0.2) is 9.59 Å². The van der Waals surface area contributed by atoms with Crippen LogP contribution in [0.15, 0.2) is 24.3 Å². The number of esters is 2. The Hall–Kier alpha value is -1.84. The van der Waals surface area contributed by atoms with E-state index in [0.717, 1.165) is 19.3 Å². The highest BCUT2D eigenvalue weighted by atomic mass is 16.5. The van der Waals surface area contributed by atoms with E-state index in [4.69, 9.17) is 9.47 Å². The van der Waals surface area contributed by atoms with Gasteiger partial charge in [-0.1, -0.05) is 65.0 Å². The lowest BCUT2D eigenvalue weighted by Crippen LogP contribution is -2.20. The first-order valence-corrected chi connectivity index (χ1v) is 9.92. The number of rotatable bonds is 12. The molecular weight excluding hydrogens is 328 g/mol. The number of hydrogen-bond donors (Lipinski definition) is 0. The van der Waals surface area contributed by atoms with Gasteiger partial charge in [-0.15, -0.1) is 0 Å². The fraction of sp³-hybridized carbons (Fsp3) is 0.636. The highest BCUT2D eigenvalue weighted by Crippen LogP contribution is 2.16. The van der Waals surface area contributed by atoms with Crippen LogP contribution in [0.5, 0.6) is 0 Å². The molecule has 146 valence electrons. The van der Waals surface area contributed by atoms with Crippen LogP contribution in [0.25, 0.3) is 0 Å². The molecule has 0 aliphatic carbocycles. The third kappa shape index (κ3) is 8.50. The van der Waals surface area contributed by atoms with Crippen LogP contribution in [0.1, 0.15) is 93.4 Å². The molecule has 0 bridgehead atoms. The van der Waals surface area contributed by atoms with Gasteiger partial charge in [0.2, 0.25) is 0 Å². The van der Waals surface area contributed by atoms with E-state index < -0.39 is 11.9 Å². The van der Waals surface area contributed by atoms with Crippen LogP contribution in [0, 0.1) is 5.92 Å². The van der Waals surface area contributed by atoms with Gasteiger partial charge in [0, 0.05) is 0 Å². The van der Waals surface area contributed by atoms with Crippen LogP contribution in [-0.4, -0.2) is 24.6 Å². The molecule has 1 atom stereocenters. The minimum Gasteiger partial charge on any atom is -0.462 e. The van der Waals surface area contributed by atoms with Crippen LogP contribution < -0.4 is 0 Å². The summed E-state index contributed by atoms with van der Waals surface area (Å²) >= 11 is 0. The second kappa shape index (κ2) is 12.5. The molecular formula is C22H34O4. The second-order valence-corrected chi connectivity index (χ2v) is 7.29. The van der Waals surface area contributed by atoms with Gasteiger partial charge in [-0.2, -0.15) is 0 Å². The van der Waals surface area contributed by atoms with Crippen molar-refractivity contribution >= 4 is 11.9 Å². The molecule has 0 aliphatic heterocycles. The number of unbranched alkanes of at least 4 members (excludes halogenated alkanes) is 5. The van der Waals surface area contributed by atoms with Gasteiger partial charge < -0.3 is 9.47 Å². The zero-order valence-electron chi connectivity index (χ0n) is 16.8. The Morgan fingerprint density at radius 1 is 0.885 bits per heavy atom. The lowest BCUT2D eigenvalue weighted by atomic mass is 10.1. The van der Waals surface area contributed by atoms with E-state index in [1.54, 1.807) is 24.3 Å². The third-order valence-electron chi connectivity index (χ3n) is 4.21. The smallest absolute Gasteiger partial charge is 0.339 e. The summed E-state index contributed by atoms with van der Waals surface area (Å²) < 4.78 is 10.8. The Balaban J connectivity index is 2.53. The average Bonchev–Trinajstić information content (AvgIpc) is 2.60. The maximum absolute atomic E-state index is 12.4. The quantitative estimate of drug-likeness (QED) is 0.348. The summed E-state index contributed by atoms with van der Waals surface area (Å²) in [6.07, 6.45) is 7.39. The molecule has 1 unspecified atom stereocenters. The van der Waals surface area contributed by atoms with Gasteiger partial charge in [-0.05, 0) is 37.8 Å². The van der Waals surface area contributed by atoms with Gasteiger partial charge in [0.05, 0.1) is 23.8 Å². The number of ether oxygens (including phenoxy) is 2. The van der Waals surface area contributed by atoms with E-state index in [1.807, 2.05) is 6.92 Å². The number of carbonyl (C=O) groups is 2. The lowest BCUT2D eigenvalue weighted by Gasteiger charge is -2.16. The fourth-order valence-corrected chi connectivity index (χ4v) is 2.92. The molecule has 0 spiro atoms. The maximum atomic E-state index is 12.4. The molecule has 0 radical (unpaired) electrons. The number of hydrogen-bond acceptors (Lipinski definition) is 4. The molecule has 1 rings (SSSR count). The van der Waals surface area contributed by atoms with Gasteiger partial charge in [0.15, 0.2) is 0 Å². The van der Waals surface area contributed by atoms with E-state index in [9.17, 15) is 9.59 Å². The van der Waals surface area contributed by atoms with Crippen molar-refractivity contribution in [3.63, 3.8) is 0 Å². The Morgan fingerprint density at radius 3 is 2.08 bits per heavy atom. The highest BCUT2D eigenvalue weighted by molar-refractivity contribution is 6.03. The fourth-order valence-electron chi connectivity index (χ4n) is 2.92. The topological polar surface area (TPSA) is 52.6 Å². The number of benzene rings is 1. The van der Waals surface area contributed by atoms with E-state index in [-0.39, 0.29) is 17.2 Å². The summed E-state index contributed by atoms with van der Waals surface area (Å²) in [6, 6.07) is 6.70. The minimum atomic E-state index is -0.467. The molecule has 1 aromatic carbocycles. The molecule has 0 saturated heterocycles. The predicted molar refractivity (Wildman–Crippen MR) is 104 cm³/mol. The summed E-state index contributed by atoms with van der Waals surface area (Å²) in [7, 11) is 0. The van der Waals surface area contributed by atoms with Crippen LogP contribution in [0.4, 0.5) is 0 Å². The second-order valence-electron chi connectivity index (χ2n) is 7.29. The standard InChI is InChI=1S/C22H34O4/c1-5-6-7-8-9-12-15-25-21(23)19-13-10-11-14-20(19)22(24)26-18(4)16-17(2)3/h10-11,13-14,17-18H,5-9,12,15-16H2,1-4H3. The zero-order chi connectivity index (χ0) is 19.4. The van der Waals surface area contributed by atoms with Crippen molar-refractivity contribution in [1.82, 2.24) is 0 Å².